The molecular weight excluding hydrogens is 429 g/mol. The summed E-state index contributed by atoms with van der Waals surface area (Å²) in [6.07, 6.45) is -0.0207. The van der Waals surface area contributed by atoms with E-state index < -0.39 is 46.5 Å². The van der Waals surface area contributed by atoms with E-state index >= 15 is 0 Å². The first-order chi connectivity index (χ1) is 13.0. The Labute approximate surface area is 163 Å². The minimum Gasteiger partial charge on any atom is -0.229 e. The number of nitrogens with one attached hydrogen (secondary N) is 1. The molecule has 0 bridgehead atoms. The van der Waals surface area contributed by atoms with Crippen LogP contribution in [-0.2, 0) is 36.2 Å². The highest BCUT2D eigenvalue weighted by Gasteiger charge is 2.38. The van der Waals surface area contributed by atoms with E-state index in [1.165, 1.54) is 36.4 Å². The molecule has 1 aliphatic rings. The maximum absolute atomic E-state index is 13.7. The largest absolute Gasteiger partial charge is 0.240 e. The lowest BCUT2D eigenvalue weighted by Crippen LogP contribution is -2.25. The molecule has 1 atom stereocenters. The highest BCUT2D eigenvalue weighted by molar-refractivity contribution is 7.96. The van der Waals surface area contributed by atoms with Gasteiger partial charge in [0, 0.05) is 12.1 Å². The molecule has 0 amide bonds. The normalized spacial score (nSPS) is 19.5. The Bertz CT molecular complexity index is 1210. The average molecular weight is 448 g/mol. The minimum absolute atomic E-state index is 0.0207. The van der Waals surface area contributed by atoms with Crippen LogP contribution in [0.3, 0.4) is 0 Å². The van der Waals surface area contributed by atoms with Crippen molar-refractivity contribution in [2.75, 3.05) is 11.5 Å². The third-order valence-corrected chi connectivity index (χ3v) is 10.1. The topological polar surface area (TPSA) is 114 Å². The lowest BCUT2D eigenvalue weighted by molar-refractivity contribution is 0.573. The van der Waals surface area contributed by atoms with Gasteiger partial charge in [-0.05, 0) is 30.7 Å². The van der Waals surface area contributed by atoms with Crippen LogP contribution in [0.2, 0.25) is 0 Å². The second kappa shape index (κ2) is 7.54. The fourth-order valence-corrected chi connectivity index (χ4v) is 8.44. The standard InChI is InChI=1S/C17H18FNO6S3/c18-17-7-2-1-4-13(17)11-19-28(24,25)15-6-3-5-14(10-15)27(22,23)16-8-9-26(20,21)12-16/h1-7,10,16,19H,8-9,11-12H2/t16-/m0/s1. The summed E-state index contributed by atoms with van der Waals surface area (Å²) in [6, 6.07) is 10.4. The zero-order valence-corrected chi connectivity index (χ0v) is 17.0. The molecular formula is C17H18FNO6S3. The molecule has 1 aliphatic heterocycles. The second-order valence-corrected chi connectivity index (χ2v) is 12.7. The molecule has 0 aromatic heterocycles. The van der Waals surface area contributed by atoms with Crippen LogP contribution in [0, 0.1) is 5.82 Å². The fraction of sp³-hybridized carbons (Fsp3) is 0.294. The van der Waals surface area contributed by atoms with Crippen LogP contribution < -0.4 is 4.72 Å². The van der Waals surface area contributed by atoms with Crippen LogP contribution in [0.25, 0.3) is 0 Å². The van der Waals surface area contributed by atoms with Gasteiger partial charge in [0.1, 0.15) is 5.82 Å². The number of hydrogen-bond donors (Lipinski definition) is 1. The Hall–Kier alpha value is -1.82. The van der Waals surface area contributed by atoms with Crippen molar-refractivity contribution in [2.45, 2.75) is 28.0 Å². The minimum atomic E-state index is -4.10. The van der Waals surface area contributed by atoms with Gasteiger partial charge in [-0.3, -0.25) is 0 Å². The van der Waals surface area contributed by atoms with E-state index in [2.05, 4.69) is 4.72 Å². The first-order valence-corrected chi connectivity index (χ1v) is 13.1. The molecule has 1 heterocycles. The summed E-state index contributed by atoms with van der Waals surface area (Å²) in [5, 5.41) is -1.10. The number of halogens is 1. The highest BCUT2D eigenvalue weighted by atomic mass is 32.2. The van der Waals surface area contributed by atoms with E-state index in [1.54, 1.807) is 6.07 Å². The van der Waals surface area contributed by atoms with E-state index in [-0.39, 0.29) is 34.1 Å². The van der Waals surface area contributed by atoms with Crippen molar-refractivity contribution in [2.24, 2.45) is 0 Å². The second-order valence-electron chi connectivity index (χ2n) is 6.46. The van der Waals surface area contributed by atoms with Gasteiger partial charge in [-0.25, -0.2) is 34.4 Å². The Morgan fingerprint density at radius 1 is 1.00 bits per heavy atom. The molecule has 0 aliphatic carbocycles. The molecule has 0 unspecified atom stereocenters. The number of sulfone groups is 2. The van der Waals surface area contributed by atoms with E-state index in [0.717, 1.165) is 6.07 Å². The number of sulfonamides is 1. The molecule has 1 saturated heterocycles. The maximum Gasteiger partial charge on any atom is 0.240 e. The zero-order valence-electron chi connectivity index (χ0n) is 14.6. The summed E-state index contributed by atoms with van der Waals surface area (Å²) in [5.41, 5.74) is 0.144. The Morgan fingerprint density at radius 2 is 1.68 bits per heavy atom. The van der Waals surface area contributed by atoms with Crippen LogP contribution in [0.4, 0.5) is 4.39 Å². The molecule has 2 aromatic carbocycles. The zero-order chi connectivity index (χ0) is 20.6. The van der Waals surface area contributed by atoms with E-state index in [0.29, 0.717) is 0 Å². The van der Waals surface area contributed by atoms with Crippen molar-refractivity contribution in [3.05, 3.63) is 59.9 Å². The van der Waals surface area contributed by atoms with Gasteiger partial charge in [0.15, 0.2) is 19.7 Å². The molecule has 1 N–H and O–H groups in total. The van der Waals surface area contributed by atoms with Crippen molar-refractivity contribution < 1.29 is 29.6 Å². The summed E-state index contributed by atoms with van der Waals surface area (Å²) in [7, 11) is -11.5. The fourth-order valence-electron chi connectivity index (χ4n) is 2.91. The third kappa shape index (κ3) is 4.43. The summed E-state index contributed by atoms with van der Waals surface area (Å²) in [6.45, 7) is -0.299. The first kappa shape index (κ1) is 20.9. The lowest BCUT2D eigenvalue weighted by atomic mass is 10.2. The van der Waals surface area contributed by atoms with Crippen LogP contribution in [0.1, 0.15) is 12.0 Å². The molecule has 1 fully saturated rings. The van der Waals surface area contributed by atoms with Gasteiger partial charge in [-0.15, -0.1) is 0 Å². The predicted octanol–water partition coefficient (Wildman–Crippen LogP) is 1.26. The first-order valence-electron chi connectivity index (χ1n) is 8.29. The molecule has 11 heteroatoms. The third-order valence-electron chi connectivity index (χ3n) is 4.48. The SMILES string of the molecule is O=S1(=O)CC[C@H](S(=O)(=O)c2cccc(S(=O)(=O)NCc3ccccc3F)c2)C1. The van der Waals surface area contributed by atoms with Crippen molar-refractivity contribution >= 4 is 29.7 Å². The van der Waals surface area contributed by atoms with Crippen molar-refractivity contribution in [1.82, 2.24) is 4.72 Å². The van der Waals surface area contributed by atoms with E-state index in [4.69, 9.17) is 0 Å². The van der Waals surface area contributed by atoms with Gasteiger partial charge in [0.05, 0.1) is 26.5 Å². The Morgan fingerprint density at radius 3 is 2.32 bits per heavy atom. The molecule has 0 radical (unpaired) electrons. The average Bonchev–Trinajstić information content (AvgIpc) is 3.02. The number of rotatable bonds is 6. The van der Waals surface area contributed by atoms with Crippen molar-refractivity contribution in [3.8, 4) is 0 Å². The summed E-state index contributed by atoms with van der Waals surface area (Å²) in [5.74, 6) is -1.25. The molecule has 0 saturated carbocycles. The summed E-state index contributed by atoms with van der Waals surface area (Å²) >= 11 is 0. The monoisotopic (exact) mass is 447 g/mol. The van der Waals surface area contributed by atoms with Gasteiger partial charge in [0.25, 0.3) is 0 Å². The smallest absolute Gasteiger partial charge is 0.229 e. The van der Waals surface area contributed by atoms with Gasteiger partial charge in [-0.1, -0.05) is 24.3 Å². The maximum atomic E-state index is 13.7. The van der Waals surface area contributed by atoms with Gasteiger partial charge < -0.3 is 0 Å². The Balaban J connectivity index is 1.85. The van der Waals surface area contributed by atoms with Gasteiger partial charge in [0.2, 0.25) is 10.0 Å². The molecule has 28 heavy (non-hydrogen) atoms. The molecule has 0 spiro atoms. The van der Waals surface area contributed by atoms with E-state index in [1.807, 2.05) is 0 Å². The van der Waals surface area contributed by atoms with Crippen LogP contribution in [0.5, 0.6) is 0 Å². The quantitative estimate of drug-likeness (QED) is 0.713. The summed E-state index contributed by atoms with van der Waals surface area (Å²) < 4.78 is 89.5. The summed E-state index contributed by atoms with van der Waals surface area (Å²) in [4.78, 5) is -0.561. The van der Waals surface area contributed by atoms with Crippen molar-refractivity contribution in [3.63, 3.8) is 0 Å². The Kier molecular flexibility index (Phi) is 5.63. The van der Waals surface area contributed by atoms with Gasteiger partial charge in [-0.2, -0.15) is 0 Å². The van der Waals surface area contributed by atoms with Crippen LogP contribution in [0.15, 0.2) is 58.3 Å². The molecule has 7 nitrogen and oxygen atoms in total. The molecule has 152 valence electrons. The van der Waals surface area contributed by atoms with Crippen LogP contribution >= 0.6 is 0 Å². The predicted molar refractivity (Wildman–Crippen MR) is 101 cm³/mol. The van der Waals surface area contributed by atoms with Crippen LogP contribution in [-0.4, -0.2) is 42.0 Å². The molecule has 3 rings (SSSR count). The number of benzene rings is 2. The van der Waals surface area contributed by atoms with E-state index in [9.17, 15) is 29.6 Å². The lowest BCUT2D eigenvalue weighted by Gasteiger charge is -2.12. The number of hydrogen-bond acceptors (Lipinski definition) is 6. The molecule has 2 aromatic rings. The van der Waals surface area contributed by atoms with Crippen molar-refractivity contribution in [1.29, 1.82) is 0 Å². The van der Waals surface area contributed by atoms with Gasteiger partial charge >= 0.3 is 0 Å². The highest BCUT2D eigenvalue weighted by Crippen LogP contribution is 2.26.